The number of aromatic nitrogens is 1. The van der Waals surface area contributed by atoms with E-state index < -0.39 is 11.8 Å². The number of amides is 2. The average Bonchev–Trinajstić information content (AvgIpc) is 2.91. The second kappa shape index (κ2) is 5.84. The Hall–Kier alpha value is -2.10. The Morgan fingerprint density at radius 2 is 2.04 bits per heavy atom. The molecule has 8 heteroatoms. The van der Waals surface area contributed by atoms with E-state index in [1.807, 2.05) is 22.6 Å². The van der Waals surface area contributed by atoms with E-state index in [0.717, 1.165) is 3.57 Å². The molecule has 1 aromatic heterocycles. The van der Waals surface area contributed by atoms with Crippen molar-refractivity contribution in [1.82, 2.24) is 4.57 Å². The van der Waals surface area contributed by atoms with Gasteiger partial charge in [0.1, 0.15) is 11.6 Å². The summed E-state index contributed by atoms with van der Waals surface area (Å²) < 4.78 is 16.3. The van der Waals surface area contributed by atoms with E-state index in [2.05, 4.69) is 5.32 Å². The fourth-order valence-electron chi connectivity index (χ4n) is 2.58. The minimum absolute atomic E-state index is 0.223. The summed E-state index contributed by atoms with van der Waals surface area (Å²) in [7, 11) is 0. The number of anilines is 3. The van der Waals surface area contributed by atoms with Gasteiger partial charge < -0.3 is 11.1 Å². The number of carbonyl (C=O) groups is 1. The number of benzene rings is 1. The van der Waals surface area contributed by atoms with Crippen LogP contribution in [0.2, 0.25) is 0 Å². The summed E-state index contributed by atoms with van der Waals surface area (Å²) in [5, 5.41) is 2.93. The van der Waals surface area contributed by atoms with Crippen LogP contribution in [0.4, 0.5) is 26.4 Å². The molecule has 2 amide bonds. The topological polar surface area (TPSA) is 80.4 Å². The van der Waals surface area contributed by atoms with Crippen LogP contribution in [0.5, 0.6) is 0 Å². The van der Waals surface area contributed by atoms with Gasteiger partial charge in [-0.3, -0.25) is 14.3 Å². The molecule has 0 unspecified atom stereocenters. The maximum atomic E-state index is 14.0. The van der Waals surface area contributed by atoms with Crippen molar-refractivity contribution in [1.29, 1.82) is 0 Å². The molecule has 0 saturated heterocycles. The summed E-state index contributed by atoms with van der Waals surface area (Å²) in [4.78, 5) is 25.2. The van der Waals surface area contributed by atoms with Crippen LogP contribution in [0.15, 0.2) is 29.1 Å². The Bertz CT molecular complexity index is 865. The first-order valence-corrected chi connectivity index (χ1v) is 8.00. The number of hydrogen-bond acceptors (Lipinski definition) is 3. The van der Waals surface area contributed by atoms with Gasteiger partial charge in [-0.2, -0.15) is 0 Å². The van der Waals surface area contributed by atoms with Crippen LogP contribution < -0.4 is 21.5 Å². The maximum Gasteiger partial charge on any atom is 0.320 e. The lowest BCUT2D eigenvalue weighted by atomic mass is 10.2. The van der Waals surface area contributed by atoms with Gasteiger partial charge in [-0.25, -0.2) is 9.18 Å². The van der Waals surface area contributed by atoms with Gasteiger partial charge in [0.05, 0.1) is 11.4 Å². The summed E-state index contributed by atoms with van der Waals surface area (Å²) in [6.45, 7) is 2.41. The van der Waals surface area contributed by atoms with Crippen molar-refractivity contribution in [3.63, 3.8) is 0 Å². The number of carbonyl (C=O) groups excluding carboxylic acids is 1. The first-order chi connectivity index (χ1) is 10.9. The van der Waals surface area contributed by atoms with Gasteiger partial charge in [-0.1, -0.05) is 0 Å². The largest absolute Gasteiger partial charge is 0.353 e. The van der Waals surface area contributed by atoms with Gasteiger partial charge in [0.2, 0.25) is 0 Å². The Morgan fingerprint density at radius 1 is 1.30 bits per heavy atom. The van der Waals surface area contributed by atoms with Crippen molar-refractivity contribution in [3.8, 4) is 0 Å². The highest BCUT2D eigenvalue weighted by molar-refractivity contribution is 14.1. The SMILES string of the molecule is Cc1c(Nc2ccc(I)cc2F)cc2n(c1=O)CCN2C(N)=O. The van der Waals surface area contributed by atoms with Crippen LogP contribution in [0.25, 0.3) is 0 Å². The van der Waals surface area contributed by atoms with Gasteiger partial charge in [-0.15, -0.1) is 0 Å². The standard InChI is InChI=1S/C15H14FIN4O2/c1-8-12(19-11-3-2-9(17)6-10(11)16)7-13-20(14(8)22)4-5-21(13)15(18)23/h2-3,6-7,19H,4-5H2,1H3,(H2,18,23). The number of primary amides is 1. The average molecular weight is 428 g/mol. The molecule has 1 aliphatic heterocycles. The highest BCUT2D eigenvalue weighted by Crippen LogP contribution is 2.28. The van der Waals surface area contributed by atoms with Crippen LogP contribution >= 0.6 is 22.6 Å². The number of nitrogens with one attached hydrogen (secondary N) is 1. The van der Waals surface area contributed by atoms with E-state index in [9.17, 15) is 14.0 Å². The third kappa shape index (κ3) is 2.78. The van der Waals surface area contributed by atoms with Crippen LogP contribution in [0.1, 0.15) is 5.56 Å². The van der Waals surface area contributed by atoms with Crippen molar-refractivity contribution >= 4 is 45.8 Å². The predicted octanol–water partition coefficient (Wildman–Crippen LogP) is 2.54. The third-order valence-electron chi connectivity index (χ3n) is 3.81. The summed E-state index contributed by atoms with van der Waals surface area (Å²) in [6, 6.07) is 5.79. The van der Waals surface area contributed by atoms with E-state index in [4.69, 9.17) is 5.73 Å². The number of pyridine rings is 1. The lowest BCUT2D eigenvalue weighted by Crippen LogP contribution is -2.34. The van der Waals surface area contributed by atoms with Crippen LogP contribution in [-0.2, 0) is 6.54 Å². The van der Waals surface area contributed by atoms with E-state index in [-0.39, 0.29) is 11.2 Å². The van der Waals surface area contributed by atoms with Crippen LogP contribution in [-0.4, -0.2) is 17.1 Å². The number of nitrogens with zero attached hydrogens (tertiary/aromatic N) is 2. The smallest absolute Gasteiger partial charge is 0.320 e. The molecular weight excluding hydrogens is 414 g/mol. The molecule has 2 heterocycles. The molecular formula is C15H14FIN4O2. The van der Waals surface area contributed by atoms with Crippen molar-refractivity contribution in [2.75, 3.05) is 16.8 Å². The minimum Gasteiger partial charge on any atom is -0.353 e. The highest BCUT2D eigenvalue weighted by atomic mass is 127. The van der Waals surface area contributed by atoms with Gasteiger partial charge in [0.15, 0.2) is 0 Å². The summed E-state index contributed by atoms with van der Waals surface area (Å²) in [5.41, 5.74) is 6.29. The number of urea groups is 1. The second-order valence-corrected chi connectivity index (χ2v) is 6.48. The Kier molecular flexibility index (Phi) is 4.00. The Morgan fingerprint density at radius 3 is 2.70 bits per heavy atom. The number of fused-ring (bicyclic) bond motifs is 1. The number of rotatable bonds is 2. The molecule has 1 aliphatic rings. The Labute approximate surface area is 145 Å². The second-order valence-electron chi connectivity index (χ2n) is 5.24. The van der Waals surface area contributed by atoms with Gasteiger partial charge in [-0.05, 0) is 47.7 Å². The highest BCUT2D eigenvalue weighted by Gasteiger charge is 2.26. The molecule has 1 aromatic carbocycles. The number of hydrogen-bond donors (Lipinski definition) is 2. The quantitative estimate of drug-likeness (QED) is 0.722. The molecule has 0 atom stereocenters. The number of nitrogens with two attached hydrogens (primary N) is 1. The molecule has 0 aliphatic carbocycles. The molecule has 0 bridgehead atoms. The van der Waals surface area contributed by atoms with Crippen LogP contribution in [0, 0.1) is 16.3 Å². The summed E-state index contributed by atoms with van der Waals surface area (Å²) >= 11 is 2.02. The zero-order valence-electron chi connectivity index (χ0n) is 12.3. The van der Waals surface area contributed by atoms with E-state index in [1.54, 1.807) is 25.1 Å². The van der Waals surface area contributed by atoms with Crippen molar-refractivity contribution < 1.29 is 9.18 Å². The zero-order valence-corrected chi connectivity index (χ0v) is 14.4. The molecule has 0 radical (unpaired) electrons. The molecule has 3 N–H and O–H groups in total. The fraction of sp³-hybridized carbons (Fsp3) is 0.200. The lowest BCUT2D eigenvalue weighted by molar-refractivity contribution is 0.254. The van der Waals surface area contributed by atoms with Crippen molar-refractivity contribution in [2.24, 2.45) is 5.73 Å². The van der Waals surface area contributed by atoms with Crippen molar-refractivity contribution in [3.05, 3.63) is 49.6 Å². The molecule has 120 valence electrons. The van der Waals surface area contributed by atoms with Gasteiger partial charge in [0.25, 0.3) is 5.56 Å². The maximum absolute atomic E-state index is 14.0. The van der Waals surface area contributed by atoms with E-state index >= 15 is 0 Å². The van der Waals surface area contributed by atoms with Crippen molar-refractivity contribution in [2.45, 2.75) is 13.5 Å². The molecule has 6 nitrogen and oxygen atoms in total. The zero-order chi connectivity index (χ0) is 16.7. The predicted molar refractivity (Wildman–Crippen MR) is 94.8 cm³/mol. The summed E-state index contributed by atoms with van der Waals surface area (Å²) in [6.07, 6.45) is 0. The monoisotopic (exact) mass is 428 g/mol. The van der Waals surface area contributed by atoms with E-state index in [0.29, 0.717) is 30.2 Å². The third-order valence-corrected chi connectivity index (χ3v) is 4.48. The summed E-state index contributed by atoms with van der Waals surface area (Å²) in [5.74, 6) is 0.00479. The molecule has 0 fully saturated rings. The molecule has 0 saturated carbocycles. The minimum atomic E-state index is -0.620. The first kappa shape index (κ1) is 15.8. The normalized spacial score (nSPS) is 13.1. The molecule has 23 heavy (non-hydrogen) atoms. The lowest BCUT2D eigenvalue weighted by Gasteiger charge is -2.17. The van der Waals surface area contributed by atoms with E-state index in [1.165, 1.54) is 15.5 Å². The Balaban J connectivity index is 2.07. The van der Waals surface area contributed by atoms with Gasteiger partial charge >= 0.3 is 6.03 Å². The molecule has 0 spiro atoms. The van der Waals surface area contributed by atoms with Crippen LogP contribution in [0.3, 0.4) is 0 Å². The molecule has 3 rings (SSSR count). The van der Waals surface area contributed by atoms with Gasteiger partial charge in [0, 0.05) is 28.3 Å². The number of halogens is 2. The molecule has 2 aromatic rings. The first-order valence-electron chi connectivity index (χ1n) is 6.92. The fourth-order valence-corrected chi connectivity index (χ4v) is 3.03.